The fraction of sp³-hybridized carbons (Fsp3) is 0.207. The van der Waals surface area contributed by atoms with Gasteiger partial charge in [0.05, 0.1) is 36.9 Å². The van der Waals surface area contributed by atoms with Gasteiger partial charge in [0.1, 0.15) is 17.3 Å². The van der Waals surface area contributed by atoms with E-state index in [9.17, 15) is 14.7 Å². The van der Waals surface area contributed by atoms with Crippen LogP contribution < -0.4 is 14.4 Å². The van der Waals surface area contributed by atoms with Crippen molar-refractivity contribution < 1.29 is 24.2 Å². The normalized spacial score (nSPS) is 17.0. The molecule has 4 aromatic rings. The summed E-state index contributed by atoms with van der Waals surface area (Å²) in [6, 6.07) is 15.2. The van der Waals surface area contributed by atoms with E-state index >= 15 is 0 Å². The van der Waals surface area contributed by atoms with Gasteiger partial charge < -0.3 is 19.6 Å². The molecule has 2 heterocycles. The molecule has 188 valence electrons. The summed E-state index contributed by atoms with van der Waals surface area (Å²) < 4.78 is 10.6. The molecule has 1 fully saturated rings. The number of carbonyl (C=O) groups is 2. The van der Waals surface area contributed by atoms with Gasteiger partial charge in [-0.25, -0.2) is 4.98 Å². The summed E-state index contributed by atoms with van der Waals surface area (Å²) in [6.45, 7) is 5.79. The molecule has 1 atom stereocenters. The number of hydrogen-bond acceptors (Lipinski definition) is 6. The van der Waals surface area contributed by atoms with E-state index in [1.807, 2.05) is 26.0 Å². The first-order chi connectivity index (χ1) is 17.7. The lowest BCUT2D eigenvalue weighted by molar-refractivity contribution is -0.132. The van der Waals surface area contributed by atoms with E-state index in [-0.39, 0.29) is 17.3 Å². The molecule has 1 aliphatic heterocycles. The third-order valence-corrected chi connectivity index (χ3v) is 6.88. The molecule has 2 N–H and O–H groups in total. The SMILES string of the molecule is COc1ccc(C2/C(=C(\O)c3ccc(OC)cc3C)C(=O)C(=O)N2c2nc3cc(C)c(C)cc3[nH]2)cc1. The quantitative estimate of drug-likeness (QED) is 0.225. The van der Waals surface area contributed by atoms with Crippen molar-refractivity contribution in [3.8, 4) is 11.5 Å². The van der Waals surface area contributed by atoms with E-state index in [1.165, 1.54) is 4.90 Å². The molecule has 8 nitrogen and oxygen atoms in total. The summed E-state index contributed by atoms with van der Waals surface area (Å²) in [4.78, 5) is 36.1. The molecule has 8 heteroatoms. The number of fused-ring (bicyclic) bond motifs is 1. The van der Waals surface area contributed by atoms with Gasteiger partial charge in [0, 0.05) is 5.56 Å². The lowest BCUT2D eigenvalue weighted by atomic mass is 9.94. The number of hydrogen-bond donors (Lipinski definition) is 2. The highest BCUT2D eigenvalue weighted by Gasteiger charge is 2.48. The van der Waals surface area contributed by atoms with Crippen molar-refractivity contribution in [2.24, 2.45) is 0 Å². The molecule has 1 amide bonds. The van der Waals surface area contributed by atoms with Crippen LogP contribution in [0.4, 0.5) is 5.95 Å². The Morgan fingerprint density at radius 3 is 2.19 bits per heavy atom. The molecule has 0 radical (unpaired) electrons. The maximum Gasteiger partial charge on any atom is 0.302 e. The summed E-state index contributed by atoms with van der Waals surface area (Å²) in [5.41, 5.74) is 5.32. The van der Waals surface area contributed by atoms with Gasteiger partial charge >= 0.3 is 5.91 Å². The lowest BCUT2D eigenvalue weighted by Gasteiger charge is -2.23. The summed E-state index contributed by atoms with van der Waals surface area (Å²) in [5, 5.41) is 11.4. The monoisotopic (exact) mass is 497 g/mol. The predicted octanol–water partition coefficient (Wildman–Crippen LogP) is 5.13. The van der Waals surface area contributed by atoms with Crippen molar-refractivity contribution in [3.05, 3.63) is 88.0 Å². The molecule has 1 aromatic heterocycles. The molecule has 1 saturated heterocycles. The smallest absolute Gasteiger partial charge is 0.302 e. The van der Waals surface area contributed by atoms with Crippen molar-refractivity contribution in [1.29, 1.82) is 0 Å². The van der Waals surface area contributed by atoms with E-state index in [0.717, 1.165) is 16.6 Å². The number of aliphatic hydroxyl groups is 1. The molecule has 0 spiro atoms. The Morgan fingerprint density at radius 1 is 0.892 bits per heavy atom. The van der Waals surface area contributed by atoms with Gasteiger partial charge in [-0.1, -0.05) is 12.1 Å². The van der Waals surface area contributed by atoms with E-state index in [4.69, 9.17) is 9.47 Å². The topological polar surface area (TPSA) is 105 Å². The van der Waals surface area contributed by atoms with E-state index in [1.54, 1.807) is 63.6 Å². The van der Waals surface area contributed by atoms with Crippen LogP contribution in [0.5, 0.6) is 11.5 Å². The van der Waals surface area contributed by atoms with E-state index < -0.39 is 17.7 Å². The Balaban J connectivity index is 1.73. The Morgan fingerprint density at radius 2 is 1.54 bits per heavy atom. The first-order valence-corrected chi connectivity index (χ1v) is 11.8. The van der Waals surface area contributed by atoms with Crippen molar-refractivity contribution >= 4 is 34.4 Å². The van der Waals surface area contributed by atoms with Crippen molar-refractivity contribution in [2.45, 2.75) is 26.8 Å². The fourth-order valence-electron chi connectivity index (χ4n) is 4.70. The van der Waals surface area contributed by atoms with Gasteiger partial charge in [-0.2, -0.15) is 0 Å². The summed E-state index contributed by atoms with van der Waals surface area (Å²) in [7, 11) is 3.12. The lowest BCUT2D eigenvalue weighted by Crippen LogP contribution is -2.30. The fourth-order valence-corrected chi connectivity index (χ4v) is 4.70. The highest BCUT2D eigenvalue weighted by Crippen LogP contribution is 2.42. The van der Waals surface area contributed by atoms with E-state index in [0.29, 0.717) is 33.7 Å². The van der Waals surface area contributed by atoms with Crippen molar-refractivity contribution in [3.63, 3.8) is 0 Å². The molecule has 0 aliphatic carbocycles. The number of nitrogens with zero attached hydrogens (tertiary/aromatic N) is 2. The van der Waals surface area contributed by atoms with Crippen molar-refractivity contribution in [1.82, 2.24) is 9.97 Å². The second-order valence-electron chi connectivity index (χ2n) is 9.14. The van der Waals surface area contributed by atoms with Crippen molar-refractivity contribution in [2.75, 3.05) is 19.1 Å². The van der Waals surface area contributed by atoms with Gasteiger partial charge in [0.25, 0.3) is 5.78 Å². The van der Waals surface area contributed by atoms with Crippen LogP contribution in [0.25, 0.3) is 16.8 Å². The minimum atomic E-state index is -0.907. The Labute approximate surface area is 214 Å². The van der Waals surface area contributed by atoms with Gasteiger partial charge in [-0.3, -0.25) is 14.5 Å². The van der Waals surface area contributed by atoms with Crippen LogP contribution >= 0.6 is 0 Å². The van der Waals surface area contributed by atoms with Crippen LogP contribution in [-0.4, -0.2) is 41.0 Å². The Hall–Kier alpha value is -4.59. The molecule has 1 aliphatic rings. The van der Waals surface area contributed by atoms with E-state index in [2.05, 4.69) is 9.97 Å². The second kappa shape index (κ2) is 9.13. The number of ether oxygens (including phenoxy) is 2. The number of methoxy groups -OCH3 is 2. The largest absolute Gasteiger partial charge is 0.507 e. The summed E-state index contributed by atoms with van der Waals surface area (Å²) >= 11 is 0. The second-order valence-corrected chi connectivity index (χ2v) is 9.14. The predicted molar refractivity (Wildman–Crippen MR) is 141 cm³/mol. The zero-order valence-corrected chi connectivity index (χ0v) is 21.2. The van der Waals surface area contributed by atoms with Gasteiger partial charge in [0.2, 0.25) is 5.95 Å². The minimum absolute atomic E-state index is 0.0174. The highest BCUT2D eigenvalue weighted by atomic mass is 16.5. The number of anilines is 1. The Kier molecular flexibility index (Phi) is 5.95. The van der Waals surface area contributed by atoms with Crippen LogP contribution in [0.15, 0.2) is 60.2 Å². The van der Waals surface area contributed by atoms with Crippen LogP contribution in [0, 0.1) is 20.8 Å². The molecule has 1 unspecified atom stereocenters. The number of aromatic amines is 1. The van der Waals surface area contributed by atoms with Gasteiger partial charge in [0.15, 0.2) is 0 Å². The number of benzene rings is 3. The molecule has 3 aromatic carbocycles. The average Bonchev–Trinajstić information content (AvgIpc) is 3.41. The number of aliphatic hydroxyl groups excluding tert-OH is 1. The highest BCUT2D eigenvalue weighted by molar-refractivity contribution is 6.51. The zero-order chi connectivity index (χ0) is 26.4. The average molecular weight is 498 g/mol. The third-order valence-electron chi connectivity index (χ3n) is 6.88. The number of amides is 1. The maximum absolute atomic E-state index is 13.5. The summed E-state index contributed by atoms with van der Waals surface area (Å²) in [6.07, 6.45) is 0. The number of aromatic nitrogens is 2. The molecular weight excluding hydrogens is 470 g/mol. The van der Waals surface area contributed by atoms with Crippen LogP contribution in [-0.2, 0) is 9.59 Å². The number of carbonyl (C=O) groups excluding carboxylic acids is 2. The molecule has 37 heavy (non-hydrogen) atoms. The number of H-pyrrole nitrogens is 1. The number of Topliss-reactive ketones (excluding diaryl/α,β-unsaturated/α-hetero) is 1. The molecule has 0 saturated carbocycles. The first-order valence-electron chi connectivity index (χ1n) is 11.8. The van der Waals surface area contributed by atoms with Crippen LogP contribution in [0.2, 0.25) is 0 Å². The third kappa shape index (κ3) is 4.00. The number of imidazole rings is 1. The number of aryl methyl sites for hydroxylation is 3. The van der Waals surface area contributed by atoms with Crippen LogP contribution in [0.1, 0.15) is 33.9 Å². The standard InChI is InChI=1S/C29H27N3O5/c1-15-13-22-23(14-16(15)2)31-29(30-22)32-25(18-6-8-19(36-4)9-7-18)24(27(34)28(32)35)26(33)21-11-10-20(37-5)12-17(21)3/h6-14,25,33H,1-5H3,(H,30,31)/b26-24+. The number of ketones is 1. The summed E-state index contributed by atoms with van der Waals surface area (Å²) in [5.74, 6) is -0.351. The van der Waals surface area contributed by atoms with Gasteiger partial charge in [-0.15, -0.1) is 0 Å². The number of rotatable bonds is 5. The Bertz CT molecular complexity index is 1540. The number of nitrogens with one attached hydrogen (secondary N) is 1. The molecule has 5 rings (SSSR count). The zero-order valence-electron chi connectivity index (χ0n) is 21.2. The van der Waals surface area contributed by atoms with Crippen LogP contribution in [0.3, 0.4) is 0 Å². The minimum Gasteiger partial charge on any atom is -0.507 e. The molecular formula is C29H27N3O5. The molecule has 0 bridgehead atoms. The first kappa shape index (κ1) is 24.1. The maximum atomic E-state index is 13.5. The van der Waals surface area contributed by atoms with Gasteiger partial charge in [-0.05, 0) is 85.5 Å².